The van der Waals surface area contributed by atoms with Crippen LogP contribution in [0.4, 0.5) is 0 Å². The Kier molecular flexibility index (Phi) is 2.55. The maximum absolute atomic E-state index is 5.28. The summed E-state index contributed by atoms with van der Waals surface area (Å²) in [5, 5.41) is 2.81. The fourth-order valence-corrected chi connectivity index (χ4v) is 0.177. The van der Waals surface area contributed by atoms with E-state index in [2.05, 4.69) is 5.32 Å². The van der Waals surface area contributed by atoms with Gasteiger partial charge in [0.25, 0.3) is 0 Å². The maximum Gasteiger partial charge on any atom is 0.0102 e. The fourth-order valence-electron chi connectivity index (χ4n) is 0.177. The molecule has 0 unspecified atom stereocenters. The van der Waals surface area contributed by atoms with Gasteiger partial charge >= 0.3 is 0 Å². The van der Waals surface area contributed by atoms with E-state index in [0.717, 1.165) is 12.1 Å². The van der Waals surface area contributed by atoms with Crippen LogP contribution in [0, 0.1) is 6.58 Å². The van der Waals surface area contributed by atoms with E-state index in [4.69, 9.17) is 6.58 Å². The van der Waals surface area contributed by atoms with Crippen LogP contribution in [0.1, 0.15) is 13.3 Å². The molecule has 0 aliphatic heterocycles. The monoisotopic (exact) mass is 84.1 g/mol. The minimum absolute atomic E-state index is 0.843. The zero-order valence-electron chi connectivity index (χ0n) is 4.28. The lowest BCUT2D eigenvalue weighted by molar-refractivity contribution is 0.904. The standard InChI is InChI=1S/C5H10N/c1-4-5(2)6-3/h2,6H,4H2,1,3H3. The molecular formula is C5H10N. The lowest BCUT2D eigenvalue weighted by Gasteiger charge is -1.94. The molecule has 1 heteroatoms. The van der Waals surface area contributed by atoms with Crippen LogP contribution in [0.25, 0.3) is 0 Å². The number of rotatable bonds is 2. The third-order valence-corrected chi connectivity index (χ3v) is 0.702. The van der Waals surface area contributed by atoms with Crippen LogP contribution in [0.2, 0.25) is 0 Å². The molecule has 0 spiro atoms. The van der Waals surface area contributed by atoms with Crippen molar-refractivity contribution in [3.8, 4) is 0 Å². The highest BCUT2D eigenvalue weighted by Gasteiger charge is 1.75. The minimum atomic E-state index is 0.843. The first-order valence-electron chi connectivity index (χ1n) is 2.10. The van der Waals surface area contributed by atoms with Gasteiger partial charge in [-0.2, -0.15) is 0 Å². The molecule has 0 aromatic carbocycles. The molecule has 1 radical (unpaired) electrons. The van der Waals surface area contributed by atoms with Gasteiger partial charge in [-0.05, 0) is 13.0 Å². The maximum atomic E-state index is 5.28. The van der Waals surface area contributed by atoms with Crippen molar-refractivity contribution in [1.29, 1.82) is 0 Å². The highest BCUT2D eigenvalue weighted by Crippen LogP contribution is 1.84. The SMILES string of the molecule is [CH]=C(CC)NC. The first-order valence-corrected chi connectivity index (χ1v) is 2.10. The second kappa shape index (κ2) is 2.76. The number of hydrogen-bond donors (Lipinski definition) is 1. The van der Waals surface area contributed by atoms with Gasteiger partial charge in [0.2, 0.25) is 0 Å². The fraction of sp³-hybridized carbons (Fsp3) is 0.600. The number of hydrogen-bond acceptors (Lipinski definition) is 1. The van der Waals surface area contributed by atoms with Crippen molar-refractivity contribution in [2.24, 2.45) is 0 Å². The zero-order valence-corrected chi connectivity index (χ0v) is 4.28. The average molecular weight is 84.1 g/mol. The highest BCUT2D eigenvalue weighted by molar-refractivity contribution is 4.82. The van der Waals surface area contributed by atoms with Crippen LogP contribution in [-0.2, 0) is 0 Å². The summed E-state index contributed by atoms with van der Waals surface area (Å²) in [6.45, 7) is 7.28. The Morgan fingerprint density at radius 2 is 2.33 bits per heavy atom. The molecule has 0 heterocycles. The topological polar surface area (TPSA) is 12.0 Å². The van der Waals surface area contributed by atoms with Gasteiger partial charge in [-0.15, -0.1) is 0 Å². The third-order valence-electron chi connectivity index (χ3n) is 0.702. The van der Waals surface area contributed by atoms with Crippen molar-refractivity contribution in [3.63, 3.8) is 0 Å². The van der Waals surface area contributed by atoms with E-state index in [0.29, 0.717) is 0 Å². The molecule has 0 aliphatic carbocycles. The average Bonchev–Trinajstić information content (AvgIpc) is 1.65. The normalized spacial score (nSPS) is 7.67. The summed E-state index contributed by atoms with van der Waals surface area (Å²) in [5.41, 5.74) is 0.843. The lowest BCUT2D eigenvalue weighted by atomic mass is 10.4. The van der Waals surface area contributed by atoms with Crippen LogP contribution in [-0.4, -0.2) is 7.05 Å². The van der Waals surface area contributed by atoms with Crippen LogP contribution in [0.3, 0.4) is 0 Å². The van der Waals surface area contributed by atoms with Crippen molar-refractivity contribution in [2.75, 3.05) is 7.05 Å². The first kappa shape index (κ1) is 5.54. The molecule has 0 saturated heterocycles. The van der Waals surface area contributed by atoms with Crippen LogP contribution >= 0.6 is 0 Å². The predicted molar refractivity (Wildman–Crippen MR) is 27.2 cm³/mol. The van der Waals surface area contributed by atoms with Crippen LogP contribution in [0.15, 0.2) is 5.70 Å². The summed E-state index contributed by atoms with van der Waals surface area (Å²) >= 11 is 0. The third kappa shape index (κ3) is 1.82. The van der Waals surface area contributed by atoms with Crippen LogP contribution < -0.4 is 5.32 Å². The van der Waals surface area contributed by atoms with E-state index in [1.807, 2.05) is 14.0 Å². The number of nitrogens with one attached hydrogen (secondary N) is 1. The van der Waals surface area contributed by atoms with Gasteiger partial charge in [-0.1, -0.05) is 6.92 Å². The van der Waals surface area contributed by atoms with Gasteiger partial charge in [0.15, 0.2) is 0 Å². The molecule has 1 nitrogen and oxygen atoms in total. The summed E-state index contributed by atoms with van der Waals surface area (Å²) in [6.07, 6.45) is 0.913. The van der Waals surface area contributed by atoms with Crippen molar-refractivity contribution >= 4 is 0 Å². The molecule has 0 aromatic rings. The van der Waals surface area contributed by atoms with E-state index in [9.17, 15) is 0 Å². The molecule has 0 aromatic heterocycles. The Morgan fingerprint density at radius 1 is 1.83 bits per heavy atom. The van der Waals surface area contributed by atoms with E-state index >= 15 is 0 Å². The largest absolute Gasteiger partial charge is 0.391 e. The second-order valence-corrected chi connectivity index (χ2v) is 1.13. The van der Waals surface area contributed by atoms with Gasteiger partial charge in [0.05, 0.1) is 0 Å². The molecule has 0 saturated carbocycles. The summed E-state index contributed by atoms with van der Waals surface area (Å²) < 4.78 is 0. The Morgan fingerprint density at radius 3 is 2.33 bits per heavy atom. The van der Waals surface area contributed by atoms with Crippen LogP contribution in [0.5, 0.6) is 0 Å². The predicted octanol–water partition coefficient (Wildman–Crippen LogP) is 0.933. The molecule has 0 rings (SSSR count). The van der Waals surface area contributed by atoms with Crippen molar-refractivity contribution in [2.45, 2.75) is 13.3 Å². The lowest BCUT2D eigenvalue weighted by Crippen LogP contribution is -2.01. The smallest absolute Gasteiger partial charge is 0.0102 e. The minimum Gasteiger partial charge on any atom is -0.391 e. The summed E-state index contributed by atoms with van der Waals surface area (Å²) in [4.78, 5) is 0. The van der Waals surface area contributed by atoms with Gasteiger partial charge in [0, 0.05) is 12.7 Å². The Hall–Kier alpha value is -0.460. The van der Waals surface area contributed by atoms with Gasteiger partial charge in [-0.25, -0.2) is 0 Å². The van der Waals surface area contributed by atoms with Gasteiger partial charge < -0.3 is 5.32 Å². The Labute approximate surface area is 39.1 Å². The summed E-state index contributed by atoms with van der Waals surface area (Å²) in [7, 11) is 1.82. The first-order chi connectivity index (χ1) is 2.81. The molecule has 0 bridgehead atoms. The van der Waals surface area contributed by atoms with E-state index in [1.165, 1.54) is 0 Å². The summed E-state index contributed by atoms with van der Waals surface area (Å²) in [6, 6.07) is 0. The molecule has 6 heavy (non-hydrogen) atoms. The van der Waals surface area contributed by atoms with Crippen molar-refractivity contribution in [3.05, 3.63) is 12.3 Å². The number of allylic oxidation sites excluding steroid dienone is 1. The molecular weight excluding hydrogens is 74.1 g/mol. The van der Waals surface area contributed by atoms with E-state index in [-0.39, 0.29) is 0 Å². The van der Waals surface area contributed by atoms with Gasteiger partial charge in [-0.3, -0.25) is 0 Å². The van der Waals surface area contributed by atoms with Crippen molar-refractivity contribution in [1.82, 2.24) is 5.32 Å². The summed E-state index contributed by atoms with van der Waals surface area (Å²) in [5.74, 6) is 0. The molecule has 35 valence electrons. The Bertz CT molecular complexity index is 41.9. The van der Waals surface area contributed by atoms with Crippen molar-refractivity contribution < 1.29 is 0 Å². The van der Waals surface area contributed by atoms with E-state index in [1.54, 1.807) is 0 Å². The highest BCUT2D eigenvalue weighted by atomic mass is 14.8. The van der Waals surface area contributed by atoms with E-state index < -0.39 is 0 Å². The molecule has 0 atom stereocenters. The molecule has 0 amide bonds. The molecule has 1 N–H and O–H groups in total. The zero-order chi connectivity index (χ0) is 4.99. The van der Waals surface area contributed by atoms with Gasteiger partial charge in [0.1, 0.15) is 0 Å². The Balaban J connectivity index is 2.99. The molecule has 0 fully saturated rings. The quantitative estimate of drug-likeness (QED) is 0.525. The molecule has 0 aliphatic rings. The second-order valence-electron chi connectivity index (χ2n) is 1.13.